The van der Waals surface area contributed by atoms with Gasteiger partial charge >= 0.3 is 0 Å². The highest BCUT2D eigenvalue weighted by Gasteiger charge is 2.34. The maximum Gasteiger partial charge on any atom is 0.123 e. The molecule has 1 fully saturated rings. The van der Waals surface area contributed by atoms with Gasteiger partial charge in [-0.1, -0.05) is 13.8 Å². The van der Waals surface area contributed by atoms with E-state index < -0.39 is 5.60 Å². The van der Waals surface area contributed by atoms with E-state index in [2.05, 4.69) is 18.7 Å². The Bertz CT molecular complexity index is 366. The molecule has 1 aromatic rings. The van der Waals surface area contributed by atoms with Crippen LogP contribution in [0.2, 0.25) is 0 Å². The molecule has 1 aliphatic rings. The van der Waals surface area contributed by atoms with E-state index in [1.165, 1.54) is 12.1 Å². The first-order chi connectivity index (χ1) is 8.01. The highest BCUT2D eigenvalue weighted by Crippen LogP contribution is 2.31. The summed E-state index contributed by atoms with van der Waals surface area (Å²) in [5, 5.41) is 10.4. The second kappa shape index (κ2) is 4.65. The molecule has 17 heavy (non-hydrogen) atoms. The van der Waals surface area contributed by atoms with Gasteiger partial charge in [0.05, 0.1) is 5.60 Å². The van der Waals surface area contributed by atoms with Crippen LogP contribution >= 0.6 is 0 Å². The molecule has 0 unspecified atom stereocenters. The van der Waals surface area contributed by atoms with Crippen LogP contribution in [0, 0.1) is 11.7 Å². The first kappa shape index (κ1) is 12.4. The van der Waals surface area contributed by atoms with Gasteiger partial charge in [0.1, 0.15) is 5.82 Å². The molecule has 0 bridgehead atoms. The van der Waals surface area contributed by atoms with Gasteiger partial charge in [-0.15, -0.1) is 0 Å². The fourth-order valence-electron chi connectivity index (χ4n) is 2.38. The molecule has 0 aliphatic carbocycles. The van der Waals surface area contributed by atoms with E-state index in [9.17, 15) is 9.50 Å². The number of rotatable bonds is 2. The van der Waals surface area contributed by atoms with E-state index in [1.54, 1.807) is 12.1 Å². The van der Waals surface area contributed by atoms with Gasteiger partial charge in [0.2, 0.25) is 0 Å². The molecule has 1 aliphatic heterocycles. The topological polar surface area (TPSA) is 23.5 Å². The first-order valence-corrected chi connectivity index (χ1v) is 6.24. The van der Waals surface area contributed by atoms with Crippen LogP contribution in [-0.2, 0) is 0 Å². The van der Waals surface area contributed by atoms with E-state index >= 15 is 0 Å². The van der Waals surface area contributed by atoms with Crippen molar-refractivity contribution in [3.63, 3.8) is 0 Å². The second-order valence-electron chi connectivity index (χ2n) is 5.22. The van der Waals surface area contributed by atoms with Gasteiger partial charge < -0.3 is 10.0 Å². The SMILES string of the molecule is CC(C)C1(O)CCN(c2ccc(F)cc2)CC1. The van der Waals surface area contributed by atoms with Crippen LogP contribution in [0.4, 0.5) is 10.1 Å². The number of hydrogen-bond acceptors (Lipinski definition) is 2. The lowest BCUT2D eigenvalue weighted by atomic mass is 9.81. The molecule has 0 atom stereocenters. The molecule has 2 nitrogen and oxygen atoms in total. The Hall–Kier alpha value is -1.09. The molecule has 1 N–H and O–H groups in total. The van der Waals surface area contributed by atoms with Crippen LogP contribution in [0.15, 0.2) is 24.3 Å². The molecular formula is C14H20FNO. The minimum absolute atomic E-state index is 0.204. The maximum atomic E-state index is 12.8. The van der Waals surface area contributed by atoms with Crippen LogP contribution in [0.25, 0.3) is 0 Å². The molecule has 2 rings (SSSR count). The minimum atomic E-state index is -0.531. The van der Waals surface area contributed by atoms with Crippen LogP contribution in [0.5, 0.6) is 0 Å². The number of halogens is 1. The van der Waals surface area contributed by atoms with Gasteiger partial charge in [-0.05, 0) is 43.0 Å². The number of aliphatic hydroxyl groups is 1. The smallest absolute Gasteiger partial charge is 0.123 e. The van der Waals surface area contributed by atoms with Gasteiger partial charge in [0.25, 0.3) is 0 Å². The summed E-state index contributed by atoms with van der Waals surface area (Å²) in [5.74, 6) is 0.0855. The summed E-state index contributed by atoms with van der Waals surface area (Å²) < 4.78 is 12.8. The number of anilines is 1. The Morgan fingerprint density at radius 2 is 1.71 bits per heavy atom. The Morgan fingerprint density at radius 3 is 2.18 bits per heavy atom. The van der Waals surface area contributed by atoms with Crippen molar-refractivity contribution in [2.75, 3.05) is 18.0 Å². The Kier molecular flexibility index (Phi) is 3.38. The van der Waals surface area contributed by atoms with Gasteiger partial charge in [-0.2, -0.15) is 0 Å². The Labute approximate surface area is 102 Å². The average molecular weight is 237 g/mol. The van der Waals surface area contributed by atoms with Crippen LogP contribution in [0.3, 0.4) is 0 Å². The van der Waals surface area contributed by atoms with Gasteiger partial charge in [-0.3, -0.25) is 0 Å². The molecule has 1 heterocycles. The molecule has 0 spiro atoms. The third kappa shape index (κ3) is 2.60. The minimum Gasteiger partial charge on any atom is -0.389 e. The summed E-state index contributed by atoms with van der Waals surface area (Å²) in [4.78, 5) is 2.20. The van der Waals surface area contributed by atoms with Gasteiger partial charge in [-0.25, -0.2) is 4.39 Å². The van der Waals surface area contributed by atoms with Crippen molar-refractivity contribution in [1.82, 2.24) is 0 Å². The third-order valence-electron chi connectivity index (χ3n) is 3.90. The molecule has 0 amide bonds. The summed E-state index contributed by atoms with van der Waals surface area (Å²) in [7, 11) is 0. The van der Waals surface area contributed by atoms with Crippen LogP contribution < -0.4 is 4.90 Å². The highest BCUT2D eigenvalue weighted by atomic mass is 19.1. The molecule has 3 heteroatoms. The van der Waals surface area contributed by atoms with E-state index in [0.29, 0.717) is 0 Å². The van der Waals surface area contributed by atoms with Crippen molar-refractivity contribution in [3.8, 4) is 0 Å². The third-order valence-corrected chi connectivity index (χ3v) is 3.90. The number of hydrogen-bond donors (Lipinski definition) is 1. The molecule has 1 aromatic carbocycles. The van der Waals surface area contributed by atoms with E-state index in [-0.39, 0.29) is 11.7 Å². The van der Waals surface area contributed by atoms with Crippen molar-refractivity contribution < 1.29 is 9.50 Å². The van der Waals surface area contributed by atoms with Crippen molar-refractivity contribution in [2.24, 2.45) is 5.92 Å². The lowest BCUT2D eigenvalue weighted by Crippen LogP contribution is -2.47. The monoisotopic (exact) mass is 237 g/mol. The van der Waals surface area contributed by atoms with E-state index in [0.717, 1.165) is 31.6 Å². The summed E-state index contributed by atoms with van der Waals surface area (Å²) in [5.41, 5.74) is 0.508. The van der Waals surface area contributed by atoms with Crippen molar-refractivity contribution in [3.05, 3.63) is 30.1 Å². The van der Waals surface area contributed by atoms with E-state index in [1.807, 2.05) is 0 Å². The zero-order valence-electron chi connectivity index (χ0n) is 10.5. The van der Waals surface area contributed by atoms with Crippen LogP contribution in [-0.4, -0.2) is 23.8 Å². The lowest BCUT2D eigenvalue weighted by Gasteiger charge is -2.41. The highest BCUT2D eigenvalue weighted by molar-refractivity contribution is 5.46. The van der Waals surface area contributed by atoms with Crippen molar-refractivity contribution in [2.45, 2.75) is 32.3 Å². The largest absolute Gasteiger partial charge is 0.389 e. The van der Waals surface area contributed by atoms with Crippen molar-refractivity contribution >= 4 is 5.69 Å². The Morgan fingerprint density at radius 1 is 1.18 bits per heavy atom. The molecule has 1 saturated heterocycles. The lowest BCUT2D eigenvalue weighted by molar-refractivity contribution is -0.0262. The summed E-state index contributed by atoms with van der Waals surface area (Å²) in [6.45, 7) is 5.79. The van der Waals surface area contributed by atoms with Gasteiger partial charge in [0.15, 0.2) is 0 Å². The molecule has 0 aromatic heterocycles. The molecular weight excluding hydrogens is 217 g/mol. The zero-order chi connectivity index (χ0) is 12.5. The Balaban J connectivity index is 2.02. The summed E-state index contributed by atoms with van der Waals surface area (Å²) >= 11 is 0. The fraction of sp³-hybridized carbons (Fsp3) is 0.571. The maximum absolute atomic E-state index is 12.8. The molecule has 94 valence electrons. The number of piperidine rings is 1. The normalized spacial score (nSPS) is 19.7. The molecule has 0 radical (unpaired) electrons. The summed E-state index contributed by atoms with van der Waals surface area (Å²) in [6, 6.07) is 6.57. The predicted octanol–water partition coefficient (Wildman–Crippen LogP) is 2.81. The predicted molar refractivity (Wildman–Crippen MR) is 67.6 cm³/mol. The first-order valence-electron chi connectivity index (χ1n) is 6.24. The van der Waals surface area contributed by atoms with Gasteiger partial charge in [0, 0.05) is 18.8 Å². The molecule has 0 saturated carbocycles. The van der Waals surface area contributed by atoms with Crippen LogP contribution in [0.1, 0.15) is 26.7 Å². The number of benzene rings is 1. The quantitative estimate of drug-likeness (QED) is 0.855. The van der Waals surface area contributed by atoms with Crippen molar-refractivity contribution in [1.29, 1.82) is 0 Å². The van der Waals surface area contributed by atoms with E-state index in [4.69, 9.17) is 0 Å². The summed E-state index contributed by atoms with van der Waals surface area (Å²) in [6.07, 6.45) is 1.56. The second-order valence-corrected chi connectivity index (χ2v) is 5.22. The average Bonchev–Trinajstić information content (AvgIpc) is 2.31. The standard InChI is InChI=1S/C14H20FNO/c1-11(2)14(17)7-9-16(10-8-14)13-5-3-12(15)4-6-13/h3-6,11,17H,7-10H2,1-2H3. The number of nitrogens with zero attached hydrogens (tertiary/aromatic N) is 1. The fourth-order valence-corrected chi connectivity index (χ4v) is 2.38. The zero-order valence-corrected chi connectivity index (χ0v) is 10.5.